The fraction of sp³-hybridized carbons (Fsp3) is 0.235. The van der Waals surface area contributed by atoms with Crippen molar-refractivity contribution in [3.63, 3.8) is 0 Å². The molecule has 22 heavy (non-hydrogen) atoms. The van der Waals surface area contributed by atoms with E-state index in [1.807, 2.05) is 6.92 Å². The third-order valence-corrected chi connectivity index (χ3v) is 3.45. The van der Waals surface area contributed by atoms with Crippen molar-refractivity contribution in [1.29, 1.82) is 0 Å². The lowest BCUT2D eigenvalue weighted by molar-refractivity contribution is -0.121. The fourth-order valence-electron chi connectivity index (χ4n) is 2.14. The Balaban J connectivity index is 1.87. The second kappa shape index (κ2) is 6.85. The van der Waals surface area contributed by atoms with E-state index in [9.17, 15) is 20.1 Å². The molecular weight excluding hydrogens is 282 g/mol. The van der Waals surface area contributed by atoms with Gasteiger partial charge in [-0.25, -0.2) is 0 Å². The van der Waals surface area contributed by atoms with Crippen molar-refractivity contribution in [2.45, 2.75) is 25.8 Å². The smallest absolute Gasteiger partial charge is 0.220 e. The first-order valence-corrected chi connectivity index (χ1v) is 7.05. The molecule has 2 aromatic carbocycles. The summed E-state index contributed by atoms with van der Waals surface area (Å²) in [6, 6.07) is 11.1. The fourth-order valence-corrected chi connectivity index (χ4v) is 2.14. The molecular formula is C17H19NO4. The normalized spacial score (nSPS) is 11.9. The van der Waals surface area contributed by atoms with Crippen LogP contribution >= 0.6 is 0 Å². The van der Waals surface area contributed by atoms with Crippen LogP contribution in [0.25, 0.3) is 0 Å². The second-order valence-electron chi connectivity index (χ2n) is 5.20. The summed E-state index contributed by atoms with van der Waals surface area (Å²) in [7, 11) is 0. The largest absolute Gasteiger partial charge is 0.508 e. The van der Waals surface area contributed by atoms with Gasteiger partial charge in [-0.1, -0.05) is 18.2 Å². The van der Waals surface area contributed by atoms with Crippen LogP contribution < -0.4 is 5.32 Å². The van der Waals surface area contributed by atoms with Gasteiger partial charge in [-0.05, 0) is 48.7 Å². The average molecular weight is 301 g/mol. The van der Waals surface area contributed by atoms with Crippen molar-refractivity contribution < 1.29 is 20.1 Å². The van der Waals surface area contributed by atoms with Gasteiger partial charge in [0.05, 0.1) is 6.04 Å². The monoisotopic (exact) mass is 301 g/mol. The third-order valence-electron chi connectivity index (χ3n) is 3.45. The molecule has 5 heteroatoms. The SMILES string of the molecule is CC(NC(=O)CCc1ccc(O)c(O)c1)c1ccc(O)cc1. The Morgan fingerprint density at radius 3 is 2.36 bits per heavy atom. The van der Waals surface area contributed by atoms with Gasteiger partial charge in [-0.2, -0.15) is 0 Å². The minimum Gasteiger partial charge on any atom is -0.508 e. The molecule has 0 fully saturated rings. The molecule has 1 atom stereocenters. The highest BCUT2D eigenvalue weighted by Gasteiger charge is 2.10. The van der Waals surface area contributed by atoms with Crippen LogP contribution in [0.15, 0.2) is 42.5 Å². The number of rotatable bonds is 5. The molecule has 0 aliphatic rings. The molecule has 2 rings (SSSR count). The Hall–Kier alpha value is -2.69. The zero-order valence-electron chi connectivity index (χ0n) is 12.3. The van der Waals surface area contributed by atoms with Crippen molar-refractivity contribution in [3.8, 4) is 17.2 Å². The molecule has 116 valence electrons. The van der Waals surface area contributed by atoms with Gasteiger partial charge in [-0.15, -0.1) is 0 Å². The highest BCUT2D eigenvalue weighted by molar-refractivity contribution is 5.76. The topological polar surface area (TPSA) is 89.8 Å². The van der Waals surface area contributed by atoms with Crippen LogP contribution in [0.5, 0.6) is 17.2 Å². The Kier molecular flexibility index (Phi) is 4.88. The molecule has 5 nitrogen and oxygen atoms in total. The van der Waals surface area contributed by atoms with Crippen LogP contribution in [0, 0.1) is 0 Å². The maximum atomic E-state index is 11.9. The number of benzene rings is 2. The average Bonchev–Trinajstić information content (AvgIpc) is 2.49. The summed E-state index contributed by atoms with van der Waals surface area (Å²) in [4.78, 5) is 11.9. The van der Waals surface area contributed by atoms with Crippen LogP contribution in [0.1, 0.15) is 30.5 Å². The molecule has 1 unspecified atom stereocenters. The zero-order chi connectivity index (χ0) is 16.1. The van der Waals surface area contributed by atoms with Crippen LogP contribution in [0.4, 0.5) is 0 Å². The van der Waals surface area contributed by atoms with Crippen LogP contribution in [-0.2, 0) is 11.2 Å². The van der Waals surface area contributed by atoms with Crippen molar-refractivity contribution >= 4 is 5.91 Å². The Labute approximate surface area is 128 Å². The number of carbonyl (C=O) groups excluding carboxylic acids is 1. The predicted molar refractivity (Wildman–Crippen MR) is 82.8 cm³/mol. The molecule has 0 aliphatic carbocycles. The molecule has 0 saturated heterocycles. The van der Waals surface area contributed by atoms with E-state index < -0.39 is 0 Å². The highest BCUT2D eigenvalue weighted by Crippen LogP contribution is 2.25. The number of amides is 1. The van der Waals surface area contributed by atoms with Gasteiger partial charge in [0.25, 0.3) is 0 Å². The number of carbonyl (C=O) groups is 1. The zero-order valence-corrected chi connectivity index (χ0v) is 12.3. The van der Waals surface area contributed by atoms with E-state index in [1.54, 1.807) is 30.3 Å². The van der Waals surface area contributed by atoms with Gasteiger partial charge in [0.15, 0.2) is 11.5 Å². The van der Waals surface area contributed by atoms with Gasteiger partial charge in [-0.3, -0.25) is 4.79 Å². The van der Waals surface area contributed by atoms with E-state index in [0.717, 1.165) is 11.1 Å². The molecule has 0 heterocycles. The number of hydrogen-bond acceptors (Lipinski definition) is 4. The van der Waals surface area contributed by atoms with Gasteiger partial charge >= 0.3 is 0 Å². The Bertz CT molecular complexity index is 652. The minimum atomic E-state index is -0.185. The molecule has 1 amide bonds. The predicted octanol–water partition coefficient (Wildman–Crippen LogP) is 2.61. The van der Waals surface area contributed by atoms with Crippen molar-refractivity contribution in [2.75, 3.05) is 0 Å². The van der Waals surface area contributed by atoms with Crippen molar-refractivity contribution in [2.24, 2.45) is 0 Å². The van der Waals surface area contributed by atoms with Gasteiger partial charge in [0.2, 0.25) is 5.91 Å². The first kappa shape index (κ1) is 15.7. The molecule has 0 bridgehead atoms. The number of phenols is 3. The lowest BCUT2D eigenvalue weighted by atomic mass is 10.1. The summed E-state index contributed by atoms with van der Waals surface area (Å²) in [5, 5.41) is 30.8. The number of aryl methyl sites for hydroxylation is 1. The molecule has 0 radical (unpaired) electrons. The highest BCUT2D eigenvalue weighted by atomic mass is 16.3. The van der Waals surface area contributed by atoms with Gasteiger partial charge in [0.1, 0.15) is 5.75 Å². The van der Waals surface area contributed by atoms with E-state index in [-0.39, 0.29) is 35.6 Å². The molecule has 0 saturated carbocycles. The number of phenolic OH excluding ortho intramolecular Hbond substituents is 3. The second-order valence-corrected chi connectivity index (χ2v) is 5.20. The van der Waals surface area contributed by atoms with E-state index >= 15 is 0 Å². The maximum absolute atomic E-state index is 11.9. The van der Waals surface area contributed by atoms with E-state index in [0.29, 0.717) is 6.42 Å². The summed E-state index contributed by atoms with van der Waals surface area (Å²) < 4.78 is 0. The molecule has 0 spiro atoms. The van der Waals surface area contributed by atoms with Gasteiger partial charge < -0.3 is 20.6 Å². The molecule has 0 aliphatic heterocycles. The quantitative estimate of drug-likeness (QED) is 0.639. The summed E-state index contributed by atoms with van der Waals surface area (Å²) in [5.41, 5.74) is 1.69. The standard InChI is InChI=1S/C17H19NO4/c1-11(13-4-6-14(19)7-5-13)18-17(22)9-3-12-2-8-15(20)16(21)10-12/h2,4-8,10-11,19-21H,3,9H2,1H3,(H,18,22). The summed E-state index contributed by atoms with van der Waals surface area (Å²) in [6.07, 6.45) is 0.759. The Morgan fingerprint density at radius 1 is 1.05 bits per heavy atom. The third kappa shape index (κ3) is 4.15. The molecule has 0 aromatic heterocycles. The summed E-state index contributed by atoms with van der Waals surface area (Å²) >= 11 is 0. The summed E-state index contributed by atoms with van der Waals surface area (Å²) in [5.74, 6) is -0.271. The van der Waals surface area contributed by atoms with Gasteiger partial charge in [0, 0.05) is 6.42 Å². The molecule has 2 aromatic rings. The summed E-state index contributed by atoms with van der Waals surface area (Å²) in [6.45, 7) is 1.87. The lowest BCUT2D eigenvalue weighted by Crippen LogP contribution is -2.26. The first-order valence-electron chi connectivity index (χ1n) is 7.05. The lowest BCUT2D eigenvalue weighted by Gasteiger charge is -2.14. The number of aromatic hydroxyl groups is 3. The number of nitrogens with one attached hydrogen (secondary N) is 1. The molecule has 4 N–H and O–H groups in total. The van der Waals surface area contributed by atoms with Crippen LogP contribution in [-0.4, -0.2) is 21.2 Å². The van der Waals surface area contributed by atoms with E-state index in [1.165, 1.54) is 12.1 Å². The van der Waals surface area contributed by atoms with Crippen molar-refractivity contribution in [1.82, 2.24) is 5.32 Å². The maximum Gasteiger partial charge on any atom is 0.220 e. The van der Waals surface area contributed by atoms with E-state index in [4.69, 9.17) is 0 Å². The van der Waals surface area contributed by atoms with Crippen LogP contribution in [0.3, 0.4) is 0 Å². The first-order chi connectivity index (χ1) is 10.5. The Morgan fingerprint density at radius 2 is 1.73 bits per heavy atom. The number of hydrogen-bond donors (Lipinski definition) is 4. The minimum absolute atomic E-state index is 0.104. The van der Waals surface area contributed by atoms with Crippen molar-refractivity contribution in [3.05, 3.63) is 53.6 Å². The van der Waals surface area contributed by atoms with E-state index in [2.05, 4.69) is 5.32 Å². The van der Waals surface area contributed by atoms with Crippen LogP contribution in [0.2, 0.25) is 0 Å².